The van der Waals surface area contributed by atoms with Gasteiger partial charge in [0.05, 0.1) is 13.7 Å². The zero-order valence-electron chi connectivity index (χ0n) is 10.4. The third kappa shape index (κ3) is 2.78. The average Bonchev–Trinajstić information content (AvgIpc) is 2.75. The first-order valence-corrected chi connectivity index (χ1v) is 5.60. The van der Waals surface area contributed by atoms with Gasteiger partial charge in [-0.3, -0.25) is 0 Å². The molecule has 2 rings (SSSR count). The fraction of sp³-hybridized carbons (Fsp3) is 0.333. The van der Waals surface area contributed by atoms with Gasteiger partial charge in [0.25, 0.3) is 0 Å². The summed E-state index contributed by atoms with van der Waals surface area (Å²) in [6, 6.07) is 5.33. The highest BCUT2D eigenvalue weighted by Gasteiger charge is 2.03. The van der Waals surface area contributed by atoms with Crippen molar-refractivity contribution in [2.24, 2.45) is 7.05 Å². The second-order valence-electron chi connectivity index (χ2n) is 3.97. The van der Waals surface area contributed by atoms with Crippen molar-refractivity contribution in [1.29, 1.82) is 0 Å². The minimum absolute atomic E-state index is 0.149. The van der Waals surface area contributed by atoms with Gasteiger partial charge < -0.3 is 19.7 Å². The maximum atomic E-state index is 9.64. The smallest absolute Gasteiger partial charge is 0.160 e. The monoisotopic (exact) mass is 248 g/mol. The predicted octanol–water partition coefficient (Wildman–Crippen LogP) is 0.819. The summed E-state index contributed by atoms with van der Waals surface area (Å²) in [6.45, 7) is 1.27. The summed E-state index contributed by atoms with van der Waals surface area (Å²) in [7, 11) is 3.43. The molecule has 0 atom stereocenters. The van der Waals surface area contributed by atoms with E-state index in [0.29, 0.717) is 18.8 Å². The van der Waals surface area contributed by atoms with Crippen molar-refractivity contribution in [2.75, 3.05) is 7.11 Å². The summed E-state index contributed by atoms with van der Waals surface area (Å²) in [4.78, 5) is 0. The Kier molecular flexibility index (Phi) is 3.78. The van der Waals surface area contributed by atoms with E-state index in [0.717, 1.165) is 11.4 Å². The van der Waals surface area contributed by atoms with Crippen molar-refractivity contribution in [1.82, 2.24) is 20.1 Å². The van der Waals surface area contributed by atoms with E-state index in [2.05, 4.69) is 15.5 Å². The molecule has 2 N–H and O–H groups in total. The Morgan fingerprint density at radius 2 is 2.22 bits per heavy atom. The minimum Gasteiger partial charge on any atom is -0.504 e. The molecule has 0 fully saturated rings. The number of nitrogens with one attached hydrogen (secondary N) is 1. The number of methoxy groups -OCH3 is 1. The largest absolute Gasteiger partial charge is 0.504 e. The molecule has 0 aliphatic carbocycles. The van der Waals surface area contributed by atoms with E-state index in [9.17, 15) is 5.11 Å². The van der Waals surface area contributed by atoms with Crippen LogP contribution in [0.2, 0.25) is 0 Å². The zero-order valence-corrected chi connectivity index (χ0v) is 10.4. The van der Waals surface area contributed by atoms with Crippen LogP contribution in [0.1, 0.15) is 11.4 Å². The first-order valence-electron chi connectivity index (χ1n) is 5.60. The van der Waals surface area contributed by atoms with Crippen LogP contribution in [0.25, 0.3) is 0 Å². The lowest BCUT2D eigenvalue weighted by molar-refractivity contribution is 0.373. The van der Waals surface area contributed by atoms with Gasteiger partial charge in [-0.1, -0.05) is 6.07 Å². The van der Waals surface area contributed by atoms with Crippen LogP contribution in [0.4, 0.5) is 0 Å². The molecule has 0 saturated heterocycles. The summed E-state index contributed by atoms with van der Waals surface area (Å²) in [5, 5.41) is 20.6. The molecule has 18 heavy (non-hydrogen) atoms. The first-order chi connectivity index (χ1) is 8.70. The van der Waals surface area contributed by atoms with Gasteiger partial charge in [-0.25, -0.2) is 0 Å². The highest BCUT2D eigenvalue weighted by Crippen LogP contribution is 2.25. The molecule has 96 valence electrons. The van der Waals surface area contributed by atoms with Gasteiger partial charge in [0.2, 0.25) is 0 Å². The molecular formula is C12H16N4O2. The Morgan fingerprint density at radius 1 is 1.39 bits per heavy atom. The molecule has 0 spiro atoms. The van der Waals surface area contributed by atoms with E-state index in [1.165, 1.54) is 7.11 Å². The number of ether oxygens (including phenoxy) is 1. The van der Waals surface area contributed by atoms with Gasteiger partial charge in [0.15, 0.2) is 11.5 Å². The lowest BCUT2D eigenvalue weighted by Gasteiger charge is -2.07. The standard InChI is InChI=1S/C12H16N4O2/c1-16-8-14-15-12(16)7-13-6-9-3-4-11(18-2)10(17)5-9/h3-5,8,13,17H,6-7H2,1-2H3. The molecular weight excluding hydrogens is 232 g/mol. The van der Waals surface area contributed by atoms with Crippen LogP contribution in [0.15, 0.2) is 24.5 Å². The van der Waals surface area contributed by atoms with Gasteiger partial charge in [-0.15, -0.1) is 10.2 Å². The van der Waals surface area contributed by atoms with Crippen LogP contribution in [-0.2, 0) is 20.1 Å². The zero-order chi connectivity index (χ0) is 13.0. The number of nitrogens with zero attached hydrogens (tertiary/aromatic N) is 3. The third-order valence-electron chi connectivity index (χ3n) is 2.66. The highest BCUT2D eigenvalue weighted by molar-refractivity contribution is 5.41. The van der Waals surface area contributed by atoms with Gasteiger partial charge in [0, 0.05) is 13.6 Å². The number of aromatic nitrogens is 3. The van der Waals surface area contributed by atoms with E-state index >= 15 is 0 Å². The van der Waals surface area contributed by atoms with Crippen molar-refractivity contribution < 1.29 is 9.84 Å². The molecule has 1 aromatic heterocycles. The van der Waals surface area contributed by atoms with Crippen LogP contribution in [0.3, 0.4) is 0 Å². The second kappa shape index (κ2) is 5.50. The molecule has 0 unspecified atom stereocenters. The molecule has 1 aromatic carbocycles. The Hall–Kier alpha value is -2.08. The number of hydrogen-bond donors (Lipinski definition) is 2. The Balaban J connectivity index is 1.91. The van der Waals surface area contributed by atoms with E-state index in [1.54, 1.807) is 18.5 Å². The number of hydrogen-bond acceptors (Lipinski definition) is 5. The molecule has 0 bridgehead atoms. The maximum Gasteiger partial charge on any atom is 0.160 e. The van der Waals surface area contributed by atoms with Crippen LogP contribution in [-0.4, -0.2) is 27.0 Å². The second-order valence-corrected chi connectivity index (χ2v) is 3.97. The summed E-state index contributed by atoms with van der Waals surface area (Å²) < 4.78 is 6.85. The molecule has 0 aliphatic heterocycles. The SMILES string of the molecule is COc1ccc(CNCc2nncn2C)cc1O. The lowest BCUT2D eigenvalue weighted by Crippen LogP contribution is -2.15. The van der Waals surface area contributed by atoms with Crippen LogP contribution < -0.4 is 10.1 Å². The van der Waals surface area contributed by atoms with Crippen LogP contribution in [0, 0.1) is 0 Å². The van der Waals surface area contributed by atoms with E-state index in [-0.39, 0.29) is 5.75 Å². The molecule has 6 nitrogen and oxygen atoms in total. The fourth-order valence-electron chi connectivity index (χ4n) is 1.63. The third-order valence-corrected chi connectivity index (χ3v) is 2.66. The van der Waals surface area contributed by atoms with Gasteiger partial charge in [-0.2, -0.15) is 0 Å². The number of aromatic hydroxyl groups is 1. The van der Waals surface area contributed by atoms with Gasteiger partial charge >= 0.3 is 0 Å². The summed E-state index contributed by atoms with van der Waals surface area (Å²) in [5.74, 6) is 1.50. The van der Waals surface area contributed by atoms with E-state index in [4.69, 9.17) is 4.74 Å². The molecule has 1 heterocycles. The molecule has 0 saturated carbocycles. The number of benzene rings is 1. The Bertz CT molecular complexity index is 525. The number of phenolic OH excluding ortho intramolecular Hbond substituents is 1. The van der Waals surface area contributed by atoms with Crippen LogP contribution >= 0.6 is 0 Å². The van der Waals surface area contributed by atoms with Crippen molar-refractivity contribution in [2.45, 2.75) is 13.1 Å². The summed E-state index contributed by atoms with van der Waals surface area (Å²) >= 11 is 0. The van der Waals surface area contributed by atoms with E-state index < -0.39 is 0 Å². The molecule has 6 heteroatoms. The number of rotatable bonds is 5. The normalized spacial score (nSPS) is 10.6. The number of phenols is 1. The minimum atomic E-state index is 0.149. The molecule has 0 aliphatic rings. The molecule has 2 aromatic rings. The van der Waals surface area contributed by atoms with E-state index in [1.807, 2.05) is 17.7 Å². The molecule has 0 amide bonds. The average molecular weight is 248 g/mol. The van der Waals surface area contributed by atoms with Gasteiger partial charge in [0.1, 0.15) is 12.2 Å². The fourth-order valence-corrected chi connectivity index (χ4v) is 1.63. The topological polar surface area (TPSA) is 72.2 Å². The van der Waals surface area contributed by atoms with Crippen molar-refractivity contribution in [3.63, 3.8) is 0 Å². The van der Waals surface area contributed by atoms with Crippen molar-refractivity contribution >= 4 is 0 Å². The predicted molar refractivity (Wildman–Crippen MR) is 66.2 cm³/mol. The molecule has 0 radical (unpaired) electrons. The van der Waals surface area contributed by atoms with Crippen molar-refractivity contribution in [3.05, 3.63) is 35.9 Å². The quantitative estimate of drug-likeness (QED) is 0.819. The first kappa shape index (κ1) is 12.4. The summed E-state index contributed by atoms with van der Waals surface area (Å²) in [6.07, 6.45) is 1.66. The number of aryl methyl sites for hydroxylation is 1. The lowest BCUT2D eigenvalue weighted by atomic mass is 10.2. The Labute approximate surface area is 105 Å². The Morgan fingerprint density at radius 3 is 2.83 bits per heavy atom. The van der Waals surface area contributed by atoms with Crippen LogP contribution in [0.5, 0.6) is 11.5 Å². The maximum absolute atomic E-state index is 9.64. The highest BCUT2D eigenvalue weighted by atomic mass is 16.5. The van der Waals surface area contributed by atoms with Crippen molar-refractivity contribution in [3.8, 4) is 11.5 Å². The van der Waals surface area contributed by atoms with Gasteiger partial charge in [-0.05, 0) is 17.7 Å². The summed E-state index contributed by atoms with van der Waals surface area (Å²) in [5.41, 5.74) is 0.982.